The Morgan fingerprint density at radius 2 is 2.27 bits per heavy atom. The fourth-order valence-electron chi connectivity index (χ4n) is 2.36. The van der Waals surface area contributed by atoms with Crippen LogP contribution in [0.1, 0.15) is 31.4 Å². The van der Waals surface area contributed by atoms with Gasteiger partial charge >= 0.3 is 0 Å². The number of aromatic amines is 1. The third kappa shape index (κ3) is 2.58. The molecule has 84 valence electrons. The molecule has 2 rings (SSSR count). The van der Waals surface area contributed by atoms with Crippen molar-refractivity contribution in [3.8, 4) is 0 Å². The number of imidazole rings is 1. The van der Waals surface area contributed by atoms with Gasteiger partial charge in [0.2, 0.25) is 0 Å². The highest BCUT2D eigenvalue weighted by atomic mass is 16.3. The number of nitrogens with zero attached hydrogens (tertiary/aromatic N) is 1. The first-order chi connectivity index (χ1) is 7.35. The summed E-state index contributed by atoms with van der Waals surface area (Å²) in [7, 11) is 0. The van der Waals surface area contributed by atoms with Crippen LogP contribution in [0.3, 0.4) is 0 Å². The summed E-state index contributed by atoms with van der Waals surface area (Å²) in [5, 5.41) is 12.8. The van der Waals surface area contributed by atoms with Crippen molar-refractivity contribution in [2.45, 2.75) is 32.2 Å². The van der Waals surface area contributed by atoms with Crippen molar-refractivity contribution in [2.24, 2.45) is 5.41 Å². The van der Waals surface area contributed by atoms with Crippen LogP contribution in [0.2, 0.25) is 0 Å². The second-order valence-electron chi connectivity index (χ2n) is 4.55. The van der Waals surface area contributed by atoms with E-state index in [0.717, 1.165) is 31.6 Å². The highest BCUT2D eigenvalue weighted by Crippen LogP contribution is 2.36. The summed E-state index contributed by atoms with van der Waals surface area (Å²) in [5.41, 5.74) is 1.24. The van der Waals surface area contributed by atoms with Gasteiger partial charge < -0.3 is 15.4 Å². The average molecular weight is 209 g/mol. The highest BCUT2D eigenvalue weighted by molar-refractivity contribution is 4.94. The number of aliphatic hydroxyl groups excluding tert-OH is 1. The van der Waals surface area contributed by atoms with E-state index in [4.69, 9.17) is 0 Å². The van der Waals surface area contributed by atoms with Crippen molar-refractivity contribution in [2.75, 3.05) is 13.2 Å². The summed E-state index contributed by atoms with van der Waals surface area (Å²) in [5.74, 6) is 0. The van der Waals surface area contributed by atoms with Gasteiger partial charge in [-0.2, -0.15) is 0 Å². The first kappa shape index (κ1) is 10.6. The largest absolute Gasteiger partial charge is 0.396 e. The van der Waals surface area contributed by atoms with Crippen molar-refractivity contribution in [1.29, 1.82) is 0 Å². The Balaban J connectivity index is 1.77. The van der Waals surface area contributed by atoms with Crippen LogP contribution >= 0.6 is 0 Å². The summed E-state index contributed by atoms with van der Waals surface area (Å²) in [6.07, 6.45) is 8.33. The van der Waals surface area contributed by atoms with Crippen molar-refractivity contribution >= 4 is 0 Å². The Hall–Kier alpha value is -0.870. The second-order valence-corrected chi connectivity index (χ2v) is 4.55. The molecule has 1 heterocycles. The van der Waals surface area contributed by atoms with Gasteiger partial charge in [-0.25, -0.2) is 4.98 Å². The van der Waals surface area contributed by atoms with E-state index in [1.165, 1.54) is 12.8 Å². The molecule has 1 aliphatic carbocycles. The SMILES string of the molecule is OCC1(CNCc2cnc[nH]2)CCCC1. The predicted octanol–water partition coefficient (Wildman–Crippen LogP) is 1.05. The molecular formula is C11H19N3O. The van der Waals surface area contributed by atoms with Crippen LogP contribution in [0, 0.1) is 5.41 Å². The monoisotopic (exact) mass is 209 g/mol. The van der Waals surface area contributed by atoms with Crippen LogP contribution in [-0.2, 0) is 6.54 Å². The molecule has 1 aliphatic rings. The van der Waals surface area contributed by atoms with Gasteiger partial charge in [0.25, 0.3) is 0 Å². The van der Waals surface area contributed by atoms with E-state index in [1.54, 1.807) is 6.33 Å². The smallest absolute Gasteiger partial charge is 0.0922 e. The highest BCUT2D eigenvalue weighted by Gasteiger charge is 2.32. The molecule has 0 bridgehead atoms. The molecule has 15 heavy (non-hydrogen) atoms. The number of nitrogens with one attached hydrogen (secondary N) is 2. The molecule has 0 aromatic carbocycles. The Morgan fingerprint density at radius 3 is 2.87 bits per heavy atom. The van der Waals surface area contributed by atoms with Crippen molar-refractivity contribution in [3.63, 3.8) is 0 Å². The first-order valence-corrected chi connectivity index (χ1v) is 5.63. The minimum atomic E-state index is 0.139. The van der Waals surface area contributed by atoms with Gasteiger partial charge in [0, 0.05) is 37.0 Å². The number of hydrogen-bond donors (Lipinski definition) is 3. The van der Waals surface area contributed by atoms with E-state index in [2.05, 4.69) is 15.3 Å². The van der Waals surface area contributed by atoms with Crippen LogP contribution in [0.25, 0.3) is 0 Å². The Bertz CT molecular complexity index is 278. The minimum Gasteiger partial charge on any atom is -0.396 e. The quantitative estimate of drug-likeness (QED) is 0.679. The summed E-state index contributed by atoms with van der Waals surface area (Å²) in [6, 6.07) is 0. The third-order valence-corrected chi connectivity index (χ3v) is 3.37. The van der Waals surface area contributed by atoms with Crippen LogP contribution in [-0.4, -0.2) is 28.2 Å². The molecule has 1 aromatic rings. The van der Waals surface area contributed by atoms with Gasteiger partial charge in [-0.1, -0.05) is 12.8 Å². The number of H-pyrrole nitrogens is 1. The number of aliphatic hydroxyl groups is 1. The first-order valence-electron chi connectivity index (χ1n) is 5.63. The fraction of sp³-hybridized carbons (Fsp3) is 0.727. The normalized spacial score (nSPS) is 19.5. The van der Waals surface area contributed by atoms with Gasteiger partial charge in [0.1, 0.15) is 0 Å². The van der Waals surface area contributed by atoms with Gasteiger partial charge in [0.05, 0.1) is 6.33 Å². The van der Waals surface area contributed by atoms with E-state index in [9.17, 15) is 5.11 Å². The van der Waals surface area contributed by atoms with Gasteiger partial charge in [-0.3, -0.25) is 0 Å². The van der Waals surface area contributed by atoms with Crippen LogP contribution in [0.4, 0.5) is 0 Å². The zero-order valence-corrected chi connectivity index (χ0v) is 9.00. The van der Waals surface area contributed by atoms with Gasteiger partial charge in [-0.05, 0) is 12.8 Å². The number of rotatable bonds is 5. The van der Waals surface area contributed by atoms with Crippen molar-refractivity contribution < 1.29 is 5.11 Å². The van der Waals surface area contributed by atoms with Gasteiger partial charge in [0.15, 0.2) is 0 Å². The van der Waals surface area contributed by atoms with E-state index >= 15 is 0 Å². The lowest BCUT2D eigenvalue weighted by molar-refractivity contribution is 0.128. The van der Waals surface area contributed by atoms with Gasteiger partial charge in [-0.15, -0.1) is 0 Å². The average Bonchev–Trinajstić information content (AvgIpc) is 2.89. The lowest BCUT2D eigenvalue weighted by Gasteiger charge is -2.26. The maximum atomic E-state index is 9.41. The summed E-state index contributed by atoms with van der Waals surface area (Å²) in [6.45, 7) is 2.02. The molecule has 1 aromatic heterocycles. The second kappa shape index (κ2) is 4.77. The lowest BCUT2D eigenvalue weighted by atomic mass is 9.87. The summed E-state index contributed by atoms with van der Waals surface area (Å²) < 4.78 is 0. The molecule has 1 saturated carbocycles. The molecule has 0 atom stereocenters. The van der Waals surface area contributed by atoms with E-state index in [1.807, 2.05) is 6.20 Å². The molecular weight excluding hydrogens is 190 g/mol. The van der Waals surface area contributed by atoms with Crippen LogP contribution < -0.4 is 5.32 Å². The Morgan fingerprint density at radius 1 is 1.47 bits per heavy atom. The zero-order chi connectivity index (χ0) is 10.6. The fourth-order valence-corrected chi connectivity index (χ4v) is 2.36. The number of hydrogen-bond acceptors (Lipinski definition) is 3. The van der Waals surface area contributed by atoms with Crippen LogP contribution in [0.15, 0.2) is 12.5 Å². The Labute approximate surface area is 90.1 Å². The predicted molar refractivity (Wildman–Crippen MR) is 58.3 cm³/mol. The molecule has 0 aliphatic heterocycles. The lowest BCUT2D eigenvalue weighted by Crippen LogP contribution is -2.34. The molecule has 0 unspecified atom stereocenters. The van der Waals surface area contributed by atoms with Crippen LogP contribution in [0.5, 0.6) is 0 Å². The van der Waals surface area contributed by atoms with E-state index < -0.39 is 0 Å². The Kier molecular flexibility index (Phi) is 3.38. The standard InChI is InChI=1S/C11H19N3O/c15-8-11(3-1-2-4-11)7-12-5-10-6-13-9-14-10/h6,9,12,15H,1-5,7-8H2,(H,13,14). The topological polar surface area (TPSA) is 60.9 Å². The third-order valence-electron chi connectivity index (χ3n) is 3.37. The summed E-state index contributed by atoms with van der Waals surface area (Å²) >= 11 is 0. The molecule has 4 nitrogen and oxygen atoms in total. The molecule has 0 spiro atoms. The molecule has 0 amide bonds. The molecule has 0 radical (unpaired) electrons. The minimum absolute atomic E-state index is 0.139. The molecule has 3 N–H and O–H groups in total. The van der Waals surface area contributed by atoms with Crippen molar-refractivity contribution in [3.05, 3.63) is 18.2 Å². The molecule has 4 heteroatoms. The van der Waals surface area contributed by atoms with E-state index in [-0.39, 0.29) is 5.41 Å². The van der Waals surface area contributed by atoms with Crippen molar-refractivity contribution in [1.82, 2.24) is 15.3 Å². The molecule has 0 saturated heterocycles. The maximum absolute atomic E-state index is 9.41. The molecule has 1 fully saturated rings. The van der Waals surface area contributed by atoms with E-state index in [0.29, 0.717) is 6.61 Å². The summed E-state index contributed by atoms with van der Waals surface area (Å²) in [4.78, 5) is 7.02. The number of aromatic nitrogens is 2. The maximum Gasteiger partial charge on any atom is 0.0922 e. The zero-order valence-electron chi connectivity index (χ0n) is 9.00.